The van der Waals surface area contributed by atoms with Gasteiger partial charge in [0.1, 0.15) is 5.82 Å². The monoisotopic (exact) mass is 331 g/mol. The Balaban J connectivity index is 1.62. The molecule has 0 saturated carbocycles. The van der Waals surface area contributed by atoms with Crippen LogP contribution in [0.1, 0.15) is 34.1 Å². The van der Waals surface area contributed by atoms with Gasteiger partial charge in [0.25, 0.3) is 0 Å². The van der Waals surface area contributed by atoms with E-state index in [1.807, 2.05) is 4.90 Å². The summed E-state index contributed by atoms with van der Waals surface area (Å²) in [5.41, 5.74) is 1.53. The first kappa shape index (κ1) is 15.9. The summed E-state index contributed by atoms with van der Waals surface area (Å²) < 4.78 is 13.2. The average Bonchev–Trinajstić information content (AvgIpc) is 3.01. The van der Waals surface area contributed by atoms with Crippen molar-refractivity contribution in [3.05, 3.63) is 57.5 Å². The van der Waals surface area contributed by atoms with Gasteiger partial charge in [-0.15, -0.1) is 11.3 Å². The van der Waals surface area contributed by atoms with Gasteiger partial charge in [-0.3, -0.25) is 9.59 Å². The Hall–Kier alpha value is -2.01. The number of benzene rings is 1. The maximum atomic E-state index is 13.2. The summed E-state index contributed by atoms with van der Waals surface area (Å²) in [6, 6.07) is 7.69. The van der Waals surface area contributed by atoms with Crippen molar-refractivity contribution in [2.75, 3.05) is 6.54 Å². The highest BCUT2D eigenvalue weighted by atomic mass is 32.1. The van der Waals surface area contributed by atoms with Gasteiger partial charge in [0, 0.05) is 35.9 Å². The van der Waals surface area contributed by atoms with Crippen molar-refractivity contribution in [1.29, 1.82) is 0 Å². The number of nitrogens with zero attached hydrogens (tertiary/aromatic N) is 1. The molecule has 2 aromatic rings. The molecule has 0 unspecified atom stereocenters. The Kier molecular flexibility index (Phi) is 4.57. The van der Waals surface area contributed by atoms with Crippen molar-refractivity contribution < 1.29 is 14.0 Å². The lowest BCUT2D eigenvalue weighted by atomic mass is 9.95. The van der Waals surface area contributed by atoms with E-state index in [2.05, 4.69) is 11.4 Å². The molecule has 0 N–H and O–H groups in total. The van der Waals surface area contributed by atoms with Crippen molar-refractivity contribution in [3.8, 4) is 0 Å². The molecular weight excluding hydrogens is 313 g/mol. The second-order valence-corrected chi connectivity index (χ2v) is 6.91. The third-order valence-electron chi connectivity index (χ3n) is 4.20. The summed E-state index contributed by atoms with van der Waals surface area (Å²) >= 11 is 1.73. The van der Waals surface area contributed by atoms with Crippen LogP contribution in [0.4, 0.5) is 4.39 Å². The normalized spacial score (nSPS) is 15.1. The van der Waals surface area contributed by atoms with Crippen LogP contribution in [-0.2, 0) is 17.8 Å². The van der Waals surface area contributed by atoms with E-state index in [9.17, 15) is 14.0 Å². The molecule has 1 aliphatic rings. The van der Waals surface area contributed by atoms with Crippen LogP contribution in [0.5, 0.6) is 0 Å². The first-order valence-electron chi connectivity index (χ1n) is 7.67. The summed E-state index contributed by atoms with van der Waals surface area (Å²) in [6.07, 6.45) is 1.04. The van der Waals surface area contributed by atoms with E-state index < -0.39 is 11.7 Å². The molecule has 1 atom stereocenters. The fraction of sp³-hybridized carbons (Fsp3) is 0.333. The van der Waals surface area contributed by atoms with Crippen molar-refractivity contribution in [1.82, 2.24) is 4.90 Å². The maximum absolute atomic E-state index is 13.2. The Morgan fingerprint density at radius 1 is 1.35 bits per heavy atom. The molecule has 3 rings (SSSR count). The van der Waals surface area contributed by atoms with Crippen molar-refractivity contribution >= 4 is 23.0 Å². The van der Waals surface area contributed by atoms with Crippen LogP contribution in [0, 0.1) is 11.7 Å². The Morgan fingerprint density at radius 3 is 2.96 bits per heavy atom. The quantitative estimate of drug-likeness (QED) is 0.802. The summed E-state index contributed by atoms with van der Waals surface area (Å²) in [4.78, 5) is 27.9. The Bertz CT molecular complexity index is 740. The van der Waals surface area contributed by atoms with E-state index >= 15 is 0 Å². The maximum Gasteiger partial charge on any atom is 0.223 e. The molecule has 0 bridgehead atoms. The number of carbonyl (C=O) groups excluding carboxylic acids is 2. The van der Waals surface area contributed by atoms with Crippen LogP contribution >= 0.6 is 11.3 Å². The van der Waals surface area contributed by atoms with Gasteiger partial charge in [-0.25, -0.2) is 4.39 Å². The van der Waals surface area contributed by atoms with E-state index in [1.165, 1.54) is 28.6 Å². The standard InChI is InChI=1S/C18H18FNO2S/c1-12(18(22)13-3-2-4-15(19)10-13)9-17(21)20-7-5-16-14(11-20)6-8-23-16/h2-4,6,8,10,12H,5,7,9,11H2,1H3/t12-/m0/s1. The van der Waals surface area contributed by atoms with Gasteiger partial charge in [-0.2, -0.15) is 0 Å². The zero-order valence-electron chi connectivity index (χ0n) is 12.9. The van der Waals surface area contributed by atoms with E-state index in [-0.39, 0.29) is 18.1 Å². The van der Waals surface area contributed by atoms with E-state index in [0.717, 1.165) is 6.42 Å². The lowest BCUT2D eigenvalue weighted by molar-refractivity contribution is -0.132. The third-order valence-corrected chi connectivity index (χ3v) is 5.22. The van der Waals surface area contributed by atoms with Gasteiger partial charge in [0.2, 0.25) is 5.91 Å². The minimum atomic E-state index is -0.451. The van der Waals surface area contributed by atoms with Gasteiger partial charge in [-0.05, 0) is 35.6 Å². The summed E-state index contributed by atoms with van der Waals surface area (Å²) in [7, 11) is 0. The molecule has 1 aromatic heterocycles. The van der Waals surface area contributed by atoms with E-state index in [0.29, 0.717) is 18.7 Å². The predicted octanol–water partition coefficient (Wildman–Crippen LogP) is 3.68. The molecular formula is C18H18FNO2S. The highest BCUT2D eigenvalue weighted by Crippen LogP contribution is 2.25. The van der Waals surface area contributed by atoms with Crippen LogP contribution in [0.3, 0.4) is 0 Å². The molecule has 3 nitrogen and oxygen atoms in total. The molecule has 1 amide bonds. The average molecular weight is 331 g/mol. The first-order valence-corrected chi connectivity index (χ1v) is 8.55. The van der Waals surface area contributed by atoms with Crippen LogP contribution in [0.25, 0.3) is 0 Å². The summed E-state index contributed by atoms with van der Waals surface area (Å²) in [5, 5.41) is 2.05. The van der Waals surface area contributed by atoms with E-state index in [4.69, 9.17) is 0 Å². The summed E-state index contributed by atoms with van der Waals surface area (Å²) in [5.74, 6) is -1.09. The molecule has 2 heterocycles. The number of halogens is 1. The fourth-order valence-electron chi connectivity index (χ4n) is 2.87. The number of carbonyl (C=O) groups is 2. The van der Waals surface area contributed by atoms with Crippen LogP contribution < -0.4 is 0 Å². The topological polar surface area (TPSA) is 37.4 Å². The number of ketones is 1. The number of Topliss-reactive ketones (excluding diaryl/α,β-unsaturated/α-hetero) is 1. The number of thiophene rings is 1. The summed E-state index contributed by atoms with van der Waals surface area (Å²) in [6.45, 7) is 3.05. The molecule has 1 aliphatic heterocycles. The lowest BCUT2D eigenvalue weighted by Crippen LogP contribution is -2.36. The second-order valence-electron chi connectivity index (χ2n) is 5.91. The van der Waals surface area contributed by atoms with Gasteiger partial charge >= 0.3 is 0 Å². The molecule has 0 fully saturated rings. The zero-order valence-corrected chi connectivity index (χ0v) is 13.7. The number of hydrogen-bond donors (Lipinski definition) is 0. The molecule has 0 radical (unpaired) electrons. The molecule has 5 heteroatoms. The highest BCUT2D eigenvalue weighted by Gasteiger charge is 2.25. The highest BCUT2D eigenvalue weighted by molar-refractivity contribution is 7.10. The molecule has 1 aromatic carbocycles. The fourth-order valence-corrected chi connectivity index (χ4v) is 3.76. The van der Waals surface area contributed by atoms with Gasteiger partial charge < -0.3 is 4.90 Å². The number of fused-ring (bicyclic) bond motifs is 1. The molecule has 0 aliphatic carbocycles. The number of amides is 1. The van der Waals surface area contributed by atoms with Crippen molar-refractivity contribution in [2.45, 2.75) is 26.3 Å². The van der Waals surface area contributed by atoms with Gasteiger partial charge in [-0.1, -0.05) is 19.1 Å². The van der Waals surface area contributed by atoms with Crippen LogP contribution in [0.2, 0.25) is 0 Å². The van der Waals surface area contributed by atoms with Gasteiger partial charge in [0.05, 0.1) is 0 Å². The number of rotatable bonds is 4. The lowest BCUT2D eigenvalue weighted by Gasteiger charge is -2.28. The van der Waals surface area contributed by atoms with Gasteiger partial charge in [0.15, 0.2) is 5.78 Å². The number of hydrogen-bond acceptors (Lipinski definition) is 3. The van der Waals surface area contributed by atoms with Crippen LogP contribution in [-0.4, -0.2) is 23.1 Å². The SMILES string of the molecule is C[C@@H](CC(=O)N1CCc2sccc2C1)C(=O)c1cccc(F)c1. The van der Waals surface area contributed by atoms with E-state index in [1.54, 1.807) is 24.3 Å². The second kappa shape index (κ2) is 6.62. The minimum Gasteiger partial charge on any atom is -0.338 e. The molecule has 0 spiro atoms. The van der Waals surface area contributed by atoms with Crippen molar-refractivity contribution in [3.63, 3.8) is 0 Å². The largest absolute Gasteiger partial charge is 0.338 e. The minimum absolute atomic E-state index is 0.0147. The van der Waals surface area contributed by atoms with Crippen molar-refractivity contribution in [2.24, 2.45) is 5.92 Å². The Morgan fingerprint density at radius 2 is 2.17 bits per heavy atom. The molecule has 120 valence electrons. The first-order chi connectivity index (χ1) is 11.0. The molecule has 0 saturated heterocycles. The predicted molar refractivity (Wildman–Crippen MR) is 88.0 cm³/mol. The van der Waals surface area contributed by atoms with Crippen LogP contribution in [0.15, 0.2) is 35.7 Å². The zero-order chi connectivity index (χ0) is 16.4. The third kappa shape index (κ3) is 3.50. The Labute approximate surface area is 138 Å². The molecule has 23 heavy (non-hydrogen) atoms. The smallest absolute Gasteiger partial charge is 0.223 e.